The molecule has 1 aromatic carbocycles. The summed E-state index contributed by atoms with van der Waals surface area (Å²) in [4.78, 5) is 10.5. The van der Waals surface area contributed by atoms with E-state index in [0.717, 1.165) is 17.5 Å². The molecular weight excluding hydrogens is 212 g/mol. The first-order chi connectivity index (χ1) is 7.29. The Morgan fingerprint density at radius 2 is 1.73 bits per heavy atom. The second-order valence-corrected chi connectivity index (χ2v) is 3.37. The van der Waals surface area contributed by atoms with E-state index in [4.69, 9.17) is 11.6 Å². The van der Waals surface area contributed by atoms with Crippen LogP contribution in [0, 0.1) is 0 Å². The standard InChI is InChI=1S/C11H7ClN2O/c12-11-6-5-10(13-14-11)9-3-1-8(7-15)2-4-9/h1-7H. The Morgan fingerprint density at radius 3 is 2.27 bits per heavy atom. The largest absolute Gasteiger partial charge is 0.298 e. The number of hydrogen-bond acceptors (Lipinski definition) is 3. The Bertz CT molecular complexity index is 465. The molecule has 0 aliphatic heterocycles. The summed E-state index contributed by atoms with van der Waals surface area (Å²) in [5.41, 5.74) is 2.28. The van der Waals surface area contributed by atoms with Crippen molar-refractivity contribution in [3.63, 3.8) is 0 Å². The Morgan fingerprint density at radius 1 is 1.00 bits per heavy atom. The van der Waals surface area contributed by atoms with Gasteiger partial charge >= 0.3 is 0 Å². The van der Waals surface area contributed by atoms with Gasteiger partial charge in [-0.2, -0.15) is 0 Å². The highest BCUT2D eigenvalue weighted by Gasteiger charge is 1.99. The fraction of sp³-hybridized carbons (Fsp3) is 0. The molecule has 15 heavy (non-hydrogen) atoms. The van der Waals surface area contributed by atoms with Crippen LogP contribution in [-0.4, -0.2) is 16.5 Å². The van der Waals surface area contributed by atoms with Crippen LogP contribution in [0.25, 0.3) is 11.3 Å². The van der Waals surface area contributed by atoms with Crippen LogP contribution in [0.4, 0.5) is 0 Å². The first-order valence-electron chi connectivity index (χ1n) is 4.34. The highest BCUT2D eigenvalue weighted by molar-refractivity contribution is 6.29. The molecule has 0 spiro atoms. The van der Waals surface area contributed by atoms with E-state index >= 15 is 0 Å². The van der Waals surface area contributed by atoms with E-state index in [-0.39, 0.29) is 0 Å². The Kier molecular flexibility index (Phi) is 2.74. The van der Waals surface area contributed by atoms with E-state index in [1.807, 2.05) is 12.1 Å². The fourth-order valence-electron chi connectivity index (χ4n) is 1.20. The number of halogens is 1. The van der Waals surface area contributed by atoms with Gasteiger partial charge in [-0.15, -0.1) is 10.2 Å². The van der Waals surface area contributed by atoms with Crippen LogP contribution in [0.5, 0.6) is 0 Å². The molecule has 0 fully saturated rings. The molecular formula is C11H7ClN2O. The van der Waals surface area contributed by atoms with Crippen molar-refractivity contribution >= 4 is 17.9 Å². The monoisotopic (exact) mass is 218 g/mol. The van der Waals surface area contributed by atoms with Gasteiger partial charge in [0.05, 0.1) is 5.69 Å². The molecule has 0 N–H and O–H groups in total. The molecule has 2 aromatic rings. The van der Waals surface area contributed by atoms with E-state index in [2.05, 4.69) is 10.2 Å². The third-order valence-electron chi connectivity index (χ3n) is 1.97. The molecule has 0 amide bonds. The van der Waals surface area contributed by atoms with Gasteiger partial charge in [0.15, 0.2) is 5.15 Å². The van der Waals surface area contributed by atoms with Crippen molar-refractivity contribution in [1.29, 1.82) is 0 Å². The number of hydrogen-bond donors (Lipinski definition) is 0. The van der Waals surface area contributed by atoms with Crippen LogP contribution in [0.15, 0.2) is 36.4 Å². The van der Waals surface area contributed by atoms with Crippen molar-refractivity contribution in [2.75, 3.05) is 0 Å². The maximum absolute atomic E-state index is 10.5. The number of carbonyl (C=O) groups excluding carboxylic acids is 1. The smallest absolute Gasteiger partial charge is 0.151 e. The van der Waals surface area contributed by atoms with Crippen molar-refractivity contribution in [2.45, 2.75) is 0 Å². The SMILES string of the molecule is O=Cc1ccc(-c2ccc(Cl)nn2)cc1. The summed E-state index contributed by atoms with van der Waals surface area (Å²) in [6.07, 6.45) is 0.803. The lowest BCUT2D eigenvalue weighted by molar-refractivity contribution is 0.112. The lowest BCUT2D eigenvalue weighted by atomic mass is 10.1. The van der Waals surface area contributed by atoms with Gasteiger partial charge in [-0.3, -0.25) is 4.79 Å². The van der Waals surface area contributed by atoms with Crippen molar-refractivity contribution in [1.82, 2.24) is 10.2 Å². The molecule has 0 aliphatic rings. The van der Waals surface area contributed by atoms with Gasteiger partial charge in [0.2, 0.25) is 0 Å². The van der Waals surface area contributed by atoms with Gasteiger partial charge in [-0.25, -0.2) is 0 Å². The van der Waals surface area contributed by atoms with Crippen LogP contribution in [0.2, 0.25) is 5.15 Å². The molecule has 0 radical (unpaired) electrons. The number of nitrogens with zero attached hydrogens (tertiary/aromatic N) is 2. The number of carbonyl (C=O) groups is 1. The van der Waals surface area contributed by atoms with Gasteiger partial charge in [-0.1, -0.05) is 35.9 Å². The maximum atomic E-state index is 10.5. The van der Waals surface area contributed by atoms with Crippen LogP contribution in [-0.2, 0) is 0 Å². The summed E-state index contributed by atoms with van der Waals surface area (Å²) in [6.45, 7) is 0. The zero-order chi connectivity index (χ0) is 10.7. The minimum Gasteiger partial charge on any atom is -0.298 e. The third kappa shape index (κ3) is 2.19. The number of aldehydes is 1. The summed E-state index contributed by atoms with van der Waals surface area (Å²) < 4.78 is 0. The normalized spacial score (nSPS) is 9.93. The topological polar surface area (TPSA) is 42.9 Å². The molecule has 4 heteroatoms. The van der Waals surface area contributed by atoms with E-state index in [1.54, 1.807) is 24.3 Å². The molecule has 1 aromatic heterocycles. The van der Waals surface area contributed by atoms with Crippen LogP contribution in [0.3, 0.4) is 0 Å². The van der Waals surface area contributed by atoms with Crippen LogP contribution < -0.4 is 0 Å². The summed E-state index contributed by atoms with van der Waals surface area (Å²) >= 11 is 5.63. The maximum Gasteiger partial charge on any atom is 0.151 e. The summed E-state index contributed by atoms with van der Waals surface area (Å²) in [5, 5.41) is 8.04. The highest BCUT2D eigenvalue weighted by Crippen LogP contribution is 2.17. The zero-order valence-electron chi connectivity index (χ0n) is 7.72. The molecule has 1 heterocycles. The van der Waals surface area contributed by atoms with E-state index in [1.165, 1.54) is 0 Å². The summed E-state index contributed by atoms with van der Waals surface area (Å²) in [5.74, 6) is 0. The van der Waals surface area contributed by atoms with Gasteiger partial charge in [0.1, 0.15) is 6.29 Å². The molecule has 74 valence electrons. The molecule has 0 saturated heterocycles. The Balaban J connectivity index is 2.37. The molecule has 0 aliphatic carbocycles. The number of aromatic nitrogens is 2. The van der Waals surface area contributed by atoms with Crippen LogP contribution >= 0.6 is 11.6 Å². The van der Waals surface area contributed by atoms with E-state index in [0.29, 0.717) is 10.7 Å². The summed E-state index contributed by atoms with van der Waals surface area (Å²) in [6, 6.07) is 10.6. The van der Waals surface area contributed by atoms with Gasteiger partial charge in [0.25, 0.3) is 0 Å². The average molecular weight is 219 g/mol. The predicted molar refractivity (Wildman–Crippen MR) is 57.9 cm³/mol. The van der Waals surface area contributed by atoms with Gasteiger partial charge in [0, 0.05) is 11.1 Å². The zero-order valence-corrected chi connectivity index (χ0v) is 8.48. The molecule has 0 unspecified atom stereocenters. The molecule has 2 rings (SSSR count). The van der Waals surface area contributed by atoms with Gasteiger partial charge in [-0.05, 0) is 12.1 Å². The average Bonchev–Trinajstić information content (AvgIpc) is 2.30. The highest BCUT2D eigenvalue weighted by atomic mass is 35.5. The first-order valence-corrected chi connectivity index (χ1v) is 4.72. The van der Waals surface area contributed by atoms with Crippen LogP contribution in [0.1, 0.15) is 10.4 Å². The quantitative estimate of drug-likeness (QED) is 0.728. The van der Waals surface area contributed by atoms with E-state index in [9.17, 15) is 4.79 Å². The number of rotatable bonds is 2. The second-order valence-electron chi connectivity index (χ2n) is 2.98. The fourth-order valence-corrected chi connectivity index (χ4v) is 1.30. The van der Waals surface area contributed by atoms with Crippen molar-refractivity contribution in [3.05, 3.63) is 47.1 Å². The summed E-state index contributed by atoms with van der Waals surface area (Å²) in [7, 11) is 0. The Hall–Kier alpha value is -1.74. The lowest BCUT2D eigenvalue weighted by Gasteiger charge is -1.99. The Labute approximate surface area is 91.7 Å². The number of benzene rings is 1. The first kappa shape index (κ1) is 9.80. The third-order valence-corrected chi connectivity index (χ3v) is 2.18. The van der Waals surface area contributed by atoms with Gasteiger partial charge < -0.3 is 0 Å². The second kappa shape index (κ2) is 4.19. The minimum atomic E-state index is 0.364. The molecule has 0 bridgehead atoms. The predicted octanol–water partition coefficient (Wildman–Crippen LogP) is 2.61. The van der Waals surface area contributed by atoms with E-state index < -0.39 is 0 Å². The molecule has 0 atom stereocenters. The van der Waals surface area contributed by atoms with Crippen molar-refractivity contribution in [3.8, 4) is 11.3 Å². The molecule has 3 nitrogen and oxygen atoms in total. The van der Waals surface area contributed by atoms with Crippen molar-refractivity contribution < 1.29 is 4.79 Å². The minimum absolute atomic E-state index is 0.364. The molecule has 0 saturated carbocycles. The lowest BCUT2D eigenvalue weighted by Crippen LogP contribution is -1.87. The van der Waals surface area contributed by atoms with Crippen molar-refractivity contribution in [2.24, 2.45) is 0 Å².